The zero-order chi connectivity index (χ0) is 39.9. The highest BCUT2D eigenvalue weighted by molar-refractivity contribution is 7.90. The van der Waals surface area contributed by atoms with E-state index in [0.29, 0.717) is 44.2 Å². The van der Waals surface area contributed by atoms with Crippen molar-refractivity contribution in [3.05, 3.63) is 131 Å². The van der Waals surface area contributed by atoms with E-state index >= 15 is 0 Å². The maximum absolute atomic E-state index is 11.9. The number of benzene rings is 5. The van der Waals surface area contributed by atoms with Crippen LogP contribution in [-0.4, -0.2) is 53.3 Å². The lowest BCUT2D eigenvalue weighted by molar-refractivity contribution is 0.537. The second kappa shape index (κ2) is 17.1. The number of nitrogens with zero attached hydrogens (tertiary/aromatic N) is 6. The van der Waals surface area contributed by atoms with Crippen molar-refractivity contribution in [3.8, 4) is 0 Å². The fourth-order valence-corrected chi connectivity index (χ4v) is 6.24. The Bertz CT molecular complexity index is 2640. The lowest BCUT2D eigenvalue weighted by atomic mass is 10.3. The minimum Gasteiger partial charge on any atom is -0.768 e. The summed E-state index contributed by atoms with van der Waals surface area (Å²) in [5.41, 5.74) is 3.77. The summed E-state index contributed by atoms with van der Waals surface area (Å²) >= 11 is 9.76. The molecule has 57 heavy (non-hydrogen) atoms. The molecule has 0 aliphatic rings. The number of hydrogen-bond acceptors (Lipinski definition) is 16. The molecule has 20 heteroatoms. The molecule has 7 aromatic rings. The van der Waals surface area contributed by atoms with Gasteiger partial charge in [-0.3, -0.25) is 4.21 Å². The van der Waals surface area contributed by atoms with E-state index in [2.05, 4.69) is 61.8 Å². The number of nitrogens with one attached hydrogen (secondary N) is 6. The average Bonchev–Trinajstić information content (AvgIpc) is 3.17. The second-order valence-corrected chi connectivity index (χ2v) is 15.8. The predicted molar refractivity (Wildman–Crippen MR) is 222 cm³/mol. The third-order valence-electron chi connectivity index (χ3n) is 7.71. The molecule has 0 amide bonds. The molecule has 2 heterocycles. The molecule has 2 aromatic heterocycles. The van der Waals surface area contributed by atoms with Crippen molar-refractivity contribution in [2.45, 2.75) is 9.79 Å². The van der Waals surface area contributed by atoms with Crippen molar-refractivity contribution in [1.82, 2.24) is 29.9 Å². The third-order valence-corrected chi connectivity index (χ3v) is 10.00. The van der Waals surface area contributed by atoms with Gasteiger partial charge in [0.05, 0.1) is 4.90 Å². The number of halogens is 2. The normalized spacial score (nSPS) is 11.6. The summed E-state index contributed by atoms with van der Waals surface area (Å²) in [7, 11) is -3.37. The monoisotopic (exact) mass is 839 g/mol. The second-order valence-electron chi connectivity index (χ2n) is 12.0. The topological polar surface area (TPSA) is 224 Å². The molecule has 5 aromatic carbocycles. The summed E-state index contributed by atoms with van der Waals surface area (Å²) in [5.74, 6) is 1.24. The SMILES string of the molecule is CS(=O)(=O)c1ccc(Nc2nc(Nc3ccc(Cl)cc3)nc(Nc3ccc(Nc4nc(Nc5ccc(Cl)cc5)nc(Nc5ccc(S(=O)[O-])cc5)n4)cc3)n2)cc1. The number of hydrogen-bond donors (Lipinski definition) is 6. The molecule has 0 saturated carbocycles. The average molecular weight is 841 g/mol. The Kier molecular flexibility index (Phi) is 11.7. The molecule has 0 spiro atoms. The lowest BCUT2D eigenvalue weighted by Gasteiger charge is -2.13. The molecule has 16 nitrogen and oxygen atoms in total. The van der Waals surface area contributed by atoms with Gasteiger partial charge in [-0.15, -0.1) is 0 Å². The first-order valence-electron chi connectivity index (χ1n) is 16.7. The smallest absolute Gasteiger partial charge is 0.233 e. The molecule has 0 bridgehead atoms. The highest BCUT2D eigenvalue weighted by Crippen LogP contribution is 2.26. The minimum absolute atomic E-state index is 0.142. The van der Waals surface area contributed by atoms with Crippen LogP contribution in [0, 0.1) is 0 Å². The molecule has 6 N–H and O–H groups in total. The third kappa shape index (κ3) is 10.9. The molecule has 1 atom stereocenters. The summed E-state index contributed by atoms with van der Waals surface area (Å²) in [4.78, 5) is 27.4. The molecule has 1 unspecified atom stereocenters. The van der Waals surface area contributed by atoms with Gasteiger partial charge in [0.25, 0.3) is 0 Å². The van der Waals surface area contributed by atoms with E-state index in [1.807, 2.05) is 0 Å². The molecule has 7 rings (SSSR count). The van der Waals surface area contributed by atoms with E-state index in [9.17, 15) is 17.2 Å². The van der Waals surface area contributed by atoms with Gasteiger partial charge in [0.2, 0.25) is 35.7 Å². The van der Waals surface area contributed by atoms with E-state index in [1.165, 1.54) is 24.3 Å². The first-order chi connectivity index (χ1) is 27.4. The van der Waals surface area contributed by atoms with Crippen molar-refractivity contribution in [2.75, 3.05) is 38.2 Å². The Morgan fingerprint density at radius 2 is 0.667 bits per heavy atom. The zero-order valence-electron chi connectivity index (χ0n) is 29.4. The largest absolute Gasteiger partial charge is 0.768 e. The Labute approximate surface area is 338 Å². The van der Waals surface area contributed by atoms with Crippen molar-refractivity contribution in [1.29, 1.82) is 0 Å². The molecule has 0 saturated heterocycles. The molecule has 0 aliphatic heterocycles. The van der Waals surface area contributed by atoms with Crippen LogP contribution in [0.4, 0.5) is 69.8 Å². The van der Waals surface area contributed by atoms with Crippen molar-refractivity contribution in [2.24, 2.45) is 0 Å². The molecular weight excluding hydrogens is 812 g/mol. The van der Waals surface area contributed by atoms with Gasteiger partial charge in [-0.1, -0.05) is 23.2 Å². The number of aromatic nitrogens is 6. The van der Waals surface area contributed by atoms with Gasteiger partial charge >= 0.3 is 0 Å². The number of rotatable bonds is 14. The van der Waals surface area contributed by atoms with Crippen molar-refractivity contribution in [3.63, 3.8) is 0 Å². The maximum Gasteiger partial charge on any atom is 0.233 e. The highest BCUT2D eigenvalue weighted by atomic mass is 35.5. The van der Waals surface area contributed by atoms with E-state index in [-0.39, 0.29) is 45.5 Å². The van der Waals surface area contributed by atoms with E-state index in [4.69, 9.17) is 23.2 Å². The summed E-state index contributed by atoms with van der Waals surface area (Å²) in [6.45, 7) is 0. The Morgan fingerprint density at radius 3 is 0.912 bits per heavy atom. The van der Waals surface area contributed by atoms with Gasteiger partial charge in [0, 0.05) is 55.3 Å². The van der Waals surface area contributed by atoms with Crippen molar-refractivity contribution >= 4 is 114 Å². The highest BCUT2D eigenvalue weighted by Gasteiger charge is 2.12. The van der Waals surface area contributed by atoms with E-state index in [0.717, 1.165) is 6.26 Å². The van der Waals surface area contributed by atoms with E-state index < -0.39 is 20.9 Å². The van der Waals surface area contributed by atoms with Crippen LogP contribution in [0.5, 0.6) is 0 Å². The summed E-state index contributed by atoms with van der Waals surface area (Å²) in [5, 5.41) is 20.0. The Balaban J connectivity index is 1.11. The summed E-state index contributed by atoms with van der Waals surface area (Å²) < 4.78 is 46.5. The fraction of sp³-hybridized carbons (Fsp3) is 0.0270. The van der Waals surface area contributed by atoms with Gasteiger partial charge in [0.1, 0.15) is 0 Å². The Hall–Kier alpha value is -6.44. The van der Waals surface area contributed by atoms with Crippen LogP contribution in [0.25, 0.3) is 0 Å². The molecular formula is C37H29Cl2N12O4S2-. The number of anilines is 12. The predicted octanol–water partition coefficient (Wildman–Crippen LogP) is 8.47. The van der Waals surface area contributed by atoms with E-state index in [1.54, 1.807) is 97.1 Å². The van der Waals surface area contributed by atoms with Gasteiger partial charge in [-0.2, -0.15) is 29.9 Å². The van der Waals surface area contributed by atoms with Crippen LogP contribution in [0.15, 0.2) is 131 Å². The molecule has 288 valence electrons. The maximum atomic E-state index is 11.9. The summed E-state index contributed by atoms with van der Waals surface area (Å²) in [6, 6.07) is 33.5. The summed E-state index contributed by atoms with van der Waals surface area (Å²) in [6.07, 6.45) is 1.14. The van der Waals surface area contributed by atoms with Gasteiger partial charge in [0.15, 0.2) is 9.84 Å². The lowest BCUT2D eigenvalue weighted by Crippen LogP contribution is -2.08. The molecule has 0 radical (unpaired) electrons. The standard InChI is InChI=1S/C37H30Cl2N12O4S2/c1-57(54,55)31-20-16-29(17-21-31)45-37-49-33(41-25-8-4-23(39)5-9-25)47-35(51-37)43-27-12-10-26(11-13-27)42-34-46-32(40-24-6-2-22(38)3-7-24)48-36(50-34)44-28-14-18-30(19-15-28)56(52)53/h2-21H,1H3,(H,52,53)(H3,40,42,44,46,48,50)(H3,41,43,45,47,49,51)/p-1. The molecule has 0 fully saturated rings. The first-order valence-corrected chi connectivity index (χ1v) is 20.4. The number of sulfone groups is 1. The van der Waals surface area contributed by atoms with Crippen LogP contribution >= 0.6 is 23.2 Å². The first kappa shape index (κ1) is 38.8. The Morgan fingerprint density at radius 1 is 0.439 bits per heavy atom. The molecule has 0 aliphatic carbocycles. The van der Waals surface area contributed by atoms with Gasteiger partial charge < -0.3 is 36.5 Å². The zero-order valence-corrected chi connectivity index (χ0v) is 32.6. The van der Waals surface area contributed by atoms with Crippen LogP contribution in [-0.2, 0) is 20.9 Å². The minimum atomic E-state index is -3.37. The van der Waals surface area contributed by atoms with Crippen molar-refractivity contribution < 1.29 is 17.2 Å². The van der Waals surface area contributed by atoms with Crippen LogP contribution in [0.1, 0.15) is 0 Å². The van der Waals surface area contributed by atoms with Gasteiger partial charge in [-0.25, -0.2) is 8.42 Å². The van der Waals surface area contributed by atoms with Crippen LogP contribution in [0.3, 0.4) is 0 Å². The van der Waals surface area contributed by atoms with Gasteiger partial charge in [-0.05, 0) is 132 Å². The van der Waals surface area contributed by atoms with Crippen LogP contribution in [0.2, 0.25) is 10.0 Å². The van der Waals surface area contributed by atoms with Crippen LogP contribution < -0.4 is 31.9 Å². The quantitative estimate of drug-likeness (QED) is 0.0565. The fourth-order valence-electron chi connectivity index (χ4n) is 5.00.